The van der Waals surface area contributed by atoms with Crippen molar-refractivity contribution in [3.63, 3.8) is 0 Å². The molecule has 4 rings (SSSR count). The van der Waals surface area contributed by atoms with Crippen LogP contribution >= 0.6 is 0 Å². The molecule has 0 fully saturated rings. The summed E-state index contributed by atoms with van der Waals surface area (Å²) in [7, 11) is 0. The van der Waals surface area contributed by atoms with Crippen LogP contribution in [0, 0.1) is 0 Å². The molecule has 0 atom stereocenters. The summed E-state index contributed by atoms with van der Waals surface area (Å²) in [5.74, 6) is -0.774. The number of anilines is 1. The Labute approximate surface area is 156 Å². The maximum absolute atomic E-state index is 13.0. The summed E-state index contributed by atoms with van der Waals surface area (Å²) in [6.45, 7) is 2.00. The molecular weight excluding hydrogens is 340 g/mol. The van der Waals surface area contributed by atoms with Gasteiger partial charge in [0, 0.05) is 16.5 Å². The van der Waals surface area contributed by atoms with Crippen molar-refractivity contribution >= 4 is 39.2 Å². The Balaban J connectivity index is 1.79. The van der Waals surface area contributed by atoms with Gasteiger partial charge in [-0.1, -0.05) is 54.6 Å². The Morgan fingerprint density at radius 1 is 0.926 bits per heavy atom. The molecule has 5 nitrogen and oxygen atoms in total. The lowest BCUT2D eigenvalue weighted by molar-refractivity contribution is 0.0522. The number of nitrogens with one attached hydrogen (secondary N) is 2. The molecule has 1 heterocycles. The van der Waals surface area contributed by atoms with E-state index in [1.165, 1.54) is 0 Å². The van der Waals surface area contributed by atoms with Crippen LogP contribution in [0.5, 0.6) is 0 Å². The fraction of sp³-hybridized carbons (Fsp3) is 0.0909. The Morgan fingerprint density at radius 3 is 2.44 bits per heavy atom. The molecule has 0 aliphatic rings. The van der Waals surface area contributed by atoms with E-state index in [9.17, 15) is 9.59 Å². The van der Waals surface area contributed by atoms with Gasteiger partial charge in [-0.3, -0.25) is 4.79 Å². The van der Waals surface area contributed by atoms with Gasteiger partial charge in [0.1, 0.15) is 5.69 Å². The average Bonchev–Trinajstić information content (AvgIpc) is 3.06. The first kappa shape index (κ1) is 16.8. The van der Waals surface area contributed by atoms with Crippen LogP contribution in [0.25, 0.3) is 21.7 Å². The van der Waals surface area contributed by atoms with E-state index in [1.54, 1.807) is 13.0 Å². The first-order chi connectivity index (χ1) is 13.2. The minimum absolute atomic E-state index is 0.242. The maximum Gasteiger partial charge on any atom is 0.356 e. The Bertz CT molecular complexity index is 1160. The first-order valence-corrected chi connectivity index (χ1v) is 8.76. The van der Waals surface area contributed by atoms with E-state index in [1.807, 2.05) is 60.7 Å². The number of para-hydroxylation sites is 1. The van der Waals surface area contributed by atoms with Gasteiger partial charge in [-0.15, -0.1) is 0 Å². The molecule has 0 saturated heterocycles. The summed E-state index contributed by atoms with van der Waals surface area (Å²) in [5, 5.41) is 5.51. The normalized spacial score (nSPS) is 10.9. The number of hydrogen-bond acceptors (Lipinski definition) is 3. The van der Waals surface area contributed by atoms with Crippen molar-refractivity contribution < 1.29 is 14.3 Å². The van der Waals surface area contributed by atoms with Crippen molar-refractivity contribution in [1.82, 2.24) is 4.98 Å². The number of esters is 1. The number of carbonyl (C=O) groups is 2. The third kappa shape index (κ3) is 3.04. The lowest BCUT2D eigenvalue weighted by atomic mass is 10.0. The van der Waals surface area contributed by atoms with Gasteiger partial charge in [0.25, 0.3) is 5.91 Å². The number of amides is 1. The van der Waals surface area contributed by atoms with Crippen LogP contribution in [-0.2, 0) is 4.74 Å². The fourth-order valence-corrected chi connectivity index (χ4v) is 3.23. The molecule has 1 amide bonds. The molecule has 0 aliphatic carbocycles. The Kier molecular flexibility index (Phi) is 4.34. The number of rotatable bonds is 4. The van der Waals surface area contributed by atoms with Crippen molar-refractivity contribution in [1.29, 1.82) is 0 Å². The Morgan fingerprint density at radius 2 is 1.63 bits per heavy atom. The lowest BCUT2D eigenvalue weighted by Gasteiger charge is -2.09. The predicted molar refractivity (Wildman–Crippen MR) is 106 cm³/mol. The molecule has 0 radical (unpaired) electrons. The number of aromatic amines is 1. The summed E-state index contributed by atoms with van der Waals surface area (Å²) in [6, 6.07) is 20.7. The van der Waals surface area contributed by atoms with Gasteiger partial charge in [0.05, 0.1) is 12.3 Å². The zero-order valence-corrected chi connectivity index (χ0v) is 14.8. The predicted octanol–water partition coefficient (Wildman–Crippen LogP) is 4.75. The second-order valence-corrected chi connectivity index (χ2v) is 6.12. The molecule has 0 spiro atoms. The molecule has 0 saturated carbocycles. The van der Waals surface area contributed by atoms with E-state index < -0.39 is 5.97 Å². The second-order valence-electron chi connectivity index (χ2n) is 6.12. The molecular formula is C22H18N2O3. The molecule has 0 aliphatic heterocycles. The molecule has 0 unspecified atom stereocenters. The van der Waals surface area contributed by atoms with Crippen molar-refractivity contribution in [2.45, 2.75) is 6.92 Å². The van der Waals surface area contributed by atoms with Crippen molar-refractivity contribution in [2.75, 3.05) is 11.9 Å². The van der Waals surface area contributed by atoms with Gasteiger partial charge in [-0.05, 0) is 29.8 Å². The average molecular weight is 358 g/mol. The molecule has 1 aromatic heterocycles. The van der Waals surface area contributed by atoms with Crippen LogP contribution in [0.15, 0.2) is 66.7 Å². The highest BCUT2D eigenvalue weighted by atomic mass is 16.5. The molecule has 2 N–H and O–H groups in total. The van der Waals surface area contributed by atoms with Gasteiger partial charge in [-0.25, -0.2) is 4.79 Å². The molecule has 4 aromatic rings. The zero-order chi connectivity index (χ0) is 18.8. The number of carbonyl (C=O) groups excluding carboxylic acids is 2. The van der Waals surface area contributed by atoms with Gasteiger partial charge >= 0.3 is 5.97 Å². The van der Waals surface area contributed by atoms with Crippen LogP contribution in [0.1, 0.15) is 27.8 Å². The highest BCUT2D eigenvalue weighted by Gasteiger charge is 2.21. The van der Waals surface area contributed by atoms with E-state index in [0.29, 0.717) is 11.3 Å². The van der Waals surface area contributed by atoms with Crippen LogP contribution < -0.4 is 5.32 Å². The standard InChI is InChI=1S/C22H18N2O3/c1-2-27-22(26)20-19(17-11-5-6-13-18(17)23-20)24-21(25)16-12-7-9-14-8-3-4-10-15(14)16/h3-13,23H,2H2,1H3,(H,24,25). The lowest BCUT2D eigenvalue weighted by Crippen LogP contribution is -2.15. The smallest absolute Gasteiger partial charge is 0.356 e. The molecule has 5 heteroatoms. The van der Waals surface area contributed by atoms with Crippen molar-refractivity contribution in [3.8, 4) is 0 Å². The summed E-state index contributed by atoms with van der Waals surface area (Å²) >= 11 is 0. The van der Waals surface area contributed by atoms with Crippen LogP contribution in [-0.4, -0.2) is 23.5 Å². The molecule has 134 valence electrons. The van der Waals surface area contributed by atoms with Crippen LogP contribution in [0.3, 0.4) is 0 Å². The topological polar surface area (TPSA) is 71.2 Å². The third-order valence-electron chi connectivity index (χ3n) is 4.46. The highest BCUT2D eigenvalue weighted by Crippen LogP contribution is 2.29. The second kappa shape index (κ2) is 6.96. The number of aromatic nitrogens is 1. The molecule has 3 aromatic carbocycles. The third-order valence-corrected chi connectivity index (χ3v) is 4.46. The monoisotopic (exact) mass is 358 g/mol. The minimum atomic E-state index is -0.498. The number of ether oxygens (including phenoxy) is 1. The van der Waals surface area contributed by atoms with Crippen LogP contribution in [0.2, 0.25) is 0 Å². The maximum atomic E-state index is 13.0. The largest absolute Gasteiger partial charge is 0.461 e. The van der Waals surface area contributed by atoms with Gasteiger partial charge in [-0.2, -0.15) is 0 Å². The van der Waals surface area contributed by atoms with Gasteiger partial charge < -0.3 is 15.0 Å². The summed E-state index contributed by atoms with van der Waals surface area (Å²) in [5.41, 5.74) is 1.98. The number of H-pyrrole nitrogens is 1. The van der Waals surface area contributed by atoms with E-state index in [2.05, 4.69) is 10.3 Å². The zero-order valence-electron chi connectivity index (χ0n) is 14.8. The molecule has 27 heavy (non-hydrogen) atoms. The summed E-state index contributed by atoms with van der Waals surface area (Å²) in [4.78, 5) is 28.4. The fourth-order valence-electron chi connectivity index (χ4n) is 3.23. The highest BCUT2D eigenvalue weighted by molar-refractivity contribution is 6.18. The summed E-state index contributed by atoms with van der Waals surface area (Å²) in [6.07, 6.45) is 0. The summed E-state index contributed by atoms with van der Waals surface area (Å²) < 4.78 is 5.13. The van der Waals surface area contributed by atoms with E-state index in [0.717, 1.165) is 21.7 Å². The van der Waals surface area contributed by atoms with Gasteiger partial charge in [0.15, 0.2) is 0 Å². The molecule has 0 bridgehead atoms. The first-order valence-electron chi connectivity index (χ1n) is 8.76. The van der Waals surface area contributed by atoms with Crippen molar-refractivity contribution in [3.05, 3.63) is 78.0 Å². The number of benzene rings is 3. The van der Waals surface area contributed by atoms with E-state index in [-0.39, 0.29) is 18.2 Å². The van der Waals surface area contributed by atoms with Gasteiger partial charge in [0.2, 0.25) is 0 Å². The quantitative estimate of drug-likeness (QED) is 0.517. The van der Waals surface area contributed by atoms with Crippen molar-refractivity contribution in [2.24, 2.45) is 0 Å². The SMILES string of the molecule is CCOC(=O)c1[nH]c2ccccc2c1NC(=O)c1cccc2ccccc12. The van der Waals surface area contributed by atoms with Crippen LogP contribution in [0.4, 0.5) is 5.69 Å². The Hall–Kier alpha value is -3.60. The van der Waals surface area contributed by atoms with E-state index in [4.69, 9.17) is 4.74 Å². The van der Waals surface area contributed by atoms with E-state index >= 15 is 0 Å². The number of hydrogen-bond donors (Lipinski definition) is 2. The number of fused-ring (bicyclic) bond motifs is 2. The minimum Gasteiger partial charge on any atom is -0.461 e.